The van der Waals surface area contributed by atoms with Crippen molar-refractivity contribution in [3.05, 3.63) is 65.2 Å². The Labute approximate surface area is 321 Å². The predicted molar refractivity (Wildman–Crippen MR) is 212 cm³/mol. The maximum Gasteiger partial charge on any atom is 0.251 e. The average Bonchev–Trinajstić information content (AvgIpc) is 3.59. The lowest BCUT2D eigenvalue weighted by molar-refractivity contribution is -0.132. The third-order valence-electron chi connectivity index (χ3n) is 9.97. The van der Waals surface area contributed by atoms with Gasteiger partial charge in [-0.15, -0.1) is 0 Å². The second-order valence-electron chi connectivity index (χ2n) is 15.2. The zero-order valence-electron chi connectivity index (χ0n) is 33.1. The van der Waals surface area contributed by atoms with Crippen molar-refractivity contribution in [1.29, 1.82) is 0 Å². The maximum atomic E-state index is 13.8. The van der Waals surface area contributed by atoms with E-state index in [9.17, 15) is 32.7 Å². The van der Waals surface area contributed by atoms with E-state index in [4.69, 9.17) is 0 Å². The normalized spacial score (nSPS) is 17.6. The Hall–Kier alpha value is -4.01. The van der Waals surface area contributed by atoms with Crippen LogP contribution in [0, 0.1) is 17.8 Å². The van der Waals surface area contributed by atoms with Crippen LogP contribution in [0.15, 0.2) is 48.5 Å². The van der Waals surface area contributed by atoms with Crippen molar-refractivity contribution in [3.63, 3.8) is 0 Å². The van der Waals surface area contributed by atoms with Gasteiger partial charge in [-0.25, -0.2) is 8.42 Å². The van der Waals surface area contributed by atoms with Gasteiger partial charge in [0.25, 0.3) is 11.8 Å². The lowest BCUT2D eigenvalue weighted by Crippen LogP contribution is -2.53. The van der Waals surface area contributed by atoms with Gasteiger partial charge in [-0.3, -0.25) is 28.8 Å². The molecule has 0 aromatic heterocycles. The van der Waals surface area contributed by atoms with Crippen molar-refractivity contribution in [3.8, 4) is 0 Å². The van der Waals surface area contributed by atoms with Crippen LogP contribution in [0.5, 0.6) is 0 Å². The van der Waals surface area contributed by atoms with Gasteiger partial charge in [-0.1, -0.05) is 71.9 Å². The molecule has 6 atom stereocenters. The highest BCUT2D eigenvalue weighted by molar-refractivity contribution is 7.92. The van der Waals surface area contributed by atoms with Crippen LogP contribution in [-0.2, 0) is 19.6 Å². The molecule has 3 rings (SSSR count). The number of amides is 4. The summed E-state index contributed by atoms with van der Waals surface area (Å²) in [6, 6.07) is 11.8. The first-order chi connectivity index (χ1) is 25.4. The number of carbonyl (C=O) groups is 4. The summed E-state index contributed by atoms with van der Waals surface area (Å²) in [5, 5.41) is 23.1. The van der Waals surface area contributed by atoms with Crippen molar-refractivity contribution in [1.82, 2.24) is 26.2 Å². The van der Waals surface area contributed by atoms with Crippen LogP contribution in [0.1, 0.15) is 113 Å². The van der Waals surface area contributed by atoms with Gasteiger partial charge in [-0.2, -0.15) is 0 Å². The van der Waals surface area contributed by atoms with Crippen molar-refractivity contribution < 1.29 is 32.7 Å². The number of nitrogens with zero attached hydrogens (tertiary/aromatic N) is 1. The molecule has 1 fully saturated rings. The summed E-state index contributed by atoms with van der Waals surface area (Å²) < 4.78 is 27.4. The van der Waals surface area contributed by atoms with Crippen LogP contribution in [0.2, 0.25) is 0 Å². The van der Waals surface area contributed by atoms with Crippen molar-refractivity contribution in [2.75, 3.05) is 30.1 Å². The molecule has 1 heterocycles. The fourth-order valence-corrected chi connectivity index (χ4v) is 7.33. The first-order valence-electron chi connectivity index (χ1n) is 19.3. The molecule has 0 aliphatic carbocycles. The molecule has 4 amide bonds. The smallest absolute Gasteiger partial charge is 0.251 e. The van der Waals surface area contributed by atoms with Crippen molar-refractivity contribution in [2.24, 2.45) is 17.8 Å². The second-order valence-corrected chi connectivity index (χ2v) is 17.2. The molecule has 14 heteroatoms. The van der Waals surface area contributed by atoms with Gasteiger partial charge in [0, 0.05) is 29.6 Å². The molecule has 1 aliphatic heterocycles. The molecule has 0 bridgehead atoms. The number of aliphatic hydroxyl groups excluding tert-OH is 1. The Morgan fingerprint density at radius 1 is 0.852 bits per heavy atom. The first kappa shape index (κ1) is 44.4. The number of hydrogen-bond donors (Lipinski definition) is 6. The zero-order valence-corrected chi connectivity index (χ0v) is 34.0. The summed E-state index contributed by atoms with van der Waals surface area (Å²) in [5.41, 5.74) is 0.995. The van der Waals surface area contributed by atoms with Gasteiger partial charge < -0.3 is 26.4 Å². The number of benzene rings is 2. The maximum absolute atomic E-state index is 13.8. The van der Waals surface area contributed by atoms with Gasteiger partial charge in [0.2, 0.25) is 21.8 Å². The number of nitrogens with one attached hydrogen (secondary N) is 5. The van der Waals surface area contributed by atoms with Gasteiger partial charge in [0.05, 0.1) is 29.6 Å². The second kappa shape index (κ2) is 20.6. The number of anilines is 1. The van der Waals surface area contributed by atoms with Gasteiger partial charge in [0.1, 0.15) is 6.04 Å². The minimum absolute atomic E-state index is 0.00480. The van der Waals surface area contributed by atoms with Crippen LogP contribution >= 0.6 is 0 Å². The minimum Gasteiger partial charge on any atom is -0.391 e. The highest BCUT2D eigenvalue weighted by atomic mass is 32.2. The SMILES string of the molecule is CCN1CCCC1CNC(=O)C(NC(=O)C(C)CC(O)C(CC(C)C)NC(=O)c1cc(NS(=O)(=O)CC)cc(C(=O)NC(C)c2ccccc2)c1)C(C)C. The Balaban J connectivity index is 1.75. The number of likely N-dealkylation sites (tertiary alicyclic amines) is 1. The molecule has 54 heavy (non-hydrogen) atoms. The van der Waals surface area contributed by atoms with Crippen LogP contribution in [0.4, 0.5) is 5.69 Å². The summed E-state index contributed by atoms with van der Waals surface area (Å²) in [6.07, 6.45) is 1.35. The van der Waals surface area contributed by atoms with E-state index >= 15 is 0 Å². The van der Waals surface area contributed by atoms with Crippen LogP contribution in [0.25, 0.3) is 0 Å². The molecule has 13 nitrogen and oxygen atoms in total. The first-order valence-corrected chi connectivity index (χ1v) is 20.9. The molecule has 2 aromatic rings. The van der Waals surface area contributed by atoms with Crippen molar-refractivity contribution in [2.45, 2.75) is 111 Å². The summed E-state index contributed by atoms with van der Waals surface area (Å²) in [7, 11) is -3.75. The quantitative estimate of drug-likeness (QED) is 0.116. The predicted octanol–water partition coefficient (Wildman–Crippen LogP) is 4.21. The van der Waals surface area contributed by atoms with Crippen LogP contribution < -0.4 is 26.0 Å². The summed E-state index contributed by atoms with van der Waals surface area (Å²) in [4.78, 5) is 56.1. The molecule has 0 saturated carbocycles. The average molecular weight is 771 g/mol. The summed E-state index contributed by atoms with van der Waals surface area (Å²) in [6.45, 7) is 17.1. The highest BCUT2D eigenvalue weighted by Crippen LogP contribution is 2.22. The van der Waals surface area contributed by atoms with Gasteiger partial charge >= 0.3 is 0 Å². The molecule has 0 radical (unpaired) electrons. The fraction of sp³-hybridized carbons (Fsp3) is 0.600. The Morgan fingerprint density at radius 2 is 1.48 bits per heavy atom. The Morgan fingerprint density at radius 3 is 2.06 bits per heavy atom. The van der Waals surface area contributed by atoms with Gasteiger partial charge in [-0.05, 0) is 88.2 Å². The lowest BCUT2D eigenvalue weighted by Gasteiger charge is -2.29. The Kier molecular flexibility index (Phi) is 16.9. The molecular formula is C40H62N6O7S. The number of aliphatic hydroxyl groups is 1. The highest BCUT2D eigenvalue weighted by Gasteiger charge is 2.31. The van der Waals surface area contributed by atoms with Crippen LogP contribution in [-0.4, -0.2) is 91.7 Å². The molecule has 1 aliphatic rings. The van der Waals surface area contributed by atoms with E-state index in [1.165, 1.54) is 25.1 Å². The number of carbonyl (C=O) groups excluding carboxylic acids is 4. The molecular weight excluding hydrogens is 709 g/mol. The van der Waals surface area contributed by atoms with E-state index < -0.39 is 45.9 Å². The van der Waals surface area contributed by atoms with Crippen LogP contribution in [0.3, 0.4) is 0 Å². The number of rotatable bonds is 20. The Bertz CT molecular complexity index is 1670. The van der Waals surface area contributed by atoms with E-state index in [-0.39, 0.29) is 64.7 Å². The van der Waals surface area contributed by atoms with E-state index in [0.717, 1.165) is 31.5 Å². The molecule has 2 aromatic carbocycles. The molecule has 6 N–H and O–H groups in total. The summed E-state index contributed by atoms with van der Waals surface area (Å²) in [5.74, 6) is -2.79. The van der Waals surface area contributed by atoms with E-state index in [2.05, 4.69) is 37.8 Å². The van der Waals surface area contributed by atoms with Gasteiger partial charge in [0.15, 0.2) is 0 Å². The van der Waals surface area contributed by atoms with E-state index in [1.807, 2.05) is 65.0 Å². The zero-order chi connectivity index (χ0) is 40.2. The third-order valence-corrected chi connectivity index (χ3v) is 11.3. The number of likely N-dealkylation sites (N-methyl/N-ethyl adjacent to an activating group) is 1. The van der Waals surface area contributed by atoms with Crippen molar-refractivity contribution >= 4 is 39.3 Å². The summed E-state index contributed by atoms with van der Waals surface area (Å²) >= 11 is 0. The molecule has 0 spiro atoms. The minimum atomic E-state index is -3.75. The monoisotopic (exact) mass is 770 g/mol. The molecule has 6 unspecified atom stereocenters. The molecule has 300 valence electrons. The lowest BCUT2D eigenvalue weighted by atomic mass is 9.91. The van der Waals surface area contributed by atoms with E-state index in [0.29, 0.717) is 13.0 Å². The number of sulfonamides is 1. The topological polar surface area (TPSA) is 186 Å². The van der Waals surface area contributed by atoms with E-state index in [1.54, 1.807) is 6.92 Å². The number of hydrogen-bond acceptors (Lipinski definition) is 8. The largest absolute Gasteiger partial charge is 0.391 e. The fourth-order valence-electron chi connectivity index (χ4n) is 6.71. The standard InChI is InChI=1S/C40H62N6O7S/c1-9-46-18-14-17-33(46)24-41-40(51)36(26(5)6)44-37(48)27(7)20-35(47)34(19-25(3)4)43-39(50)31-21-30(22-32(23-31)45-54(52,53)10-2)38(49)42-28(8)29-15-12-11-13-16-29/h11-13,15-16,21-23,25-28,33-36,45,47H,9-10,14,17-20,24H2,1-8H3,(H,41,51)(H,42,49)(H,43,50)(H,44,48). The molecule has 1 saturated heterocycles. The third kappa shape index (κ3) is 13.4.